The summed E-state index contributed by atoms with van der Waals surface area (Å²) in [6, 6.07) is 8.07. The van der Waals surface area contributed by atoms with E-state index in [1.54, 1.807) is 10.9 Å². The zero-order chi connectivity index (χ0) is 26.4. The van der Waals surface area contributed by atoms with Crippen LogP contribution in [-0.2, 0) is 19.4 Å². The zero-order valence-electron chi connectivity index (χ0n) is 21.9. The largest absolute Gasteiger partial charge is 0.355 e. The lowest BCUT2D eigenvalue weighted by Gasteiger charge is -2.39. The molecule has 0 atom stereocenters. The minimum absolute atomic E-state index is 0.0650. The van der Waals surface area contributed by atoms with E-state index >= 15 is 0 Å². The molecule has 39 heavy (non-hydrogen) atoms. The second-order valence-electron chi connectivity index (χ2n) is 11.4. The summed E-state index contributed by atoms with van der Waals surface area (Å²) >= 11 is 8.23. The normalized spacial score (nSPS) is 18.7. The van der Waals surface area contributed by atoms with E-state index in [2.05, 4.69) is 27.0 Å². The van der Waals surface area contributed by atoms with Gasteiger partial charge in [0.1, 0.15) is 10.8 Å². The predicted molar refractivity (Wildman–Crippen MR) is 155 cm³/mol. The monoisotopic (exact) mass is 558 g/mol. The molecule has 0 amide bonds. The van der Waals surface area contributed by atoms with E-state index in [9.17, 15) is 4.79 Å². The van der Waals surface area contributed by atoms with Crippen LogP contribution < -0.4 is 10.5 Å². The van der Waals surface area contributed by atoms with Gasteiger partial charge in [-0.05, 0) is 73.6 Å². The number of nitrogens with zero attached hydrogens (tertiary/aromatic N) is 6. The van der Waals surface area contributed by atoms with E-state index in [-0.39, 0.29) is 5.56 Å². The van der Waals surface area contributed by atoms with Crippen molar-refractivity contribution in [3.05, 3.63) is 75.8 Å². The van der Waals surface area contributed by atoms with Gasteiger partial charge in [0.25, 0.3) is 5.56 Å². The fourth-order valence-corrected chi connectivity index (χ4v) is 7.80. The molecule has 7 nitrogen and oxygen atoms in total. The second-order valence-corrected chi connectivity index (χ2v) is 12.8. The fraction of sp³-hybridized carbons (Fsp3) is 0.433. The molecule has 4 aromatic rings. The van der Waals surface area contributed by atoms with Gasteiger partial charge >= 0.3 is 0 Å². The van der Waals surface area contributed by atoms with Crippen LogP contribution in [0.2, 0.25) is 5.02 Å². The first-order valence-electron chi connectivity index (χ1n) is 13.9. The lowest BCUT2D eigenvalue weighted by molar-refractivity contribution is 0.231. The molecular weight excluding hydrogens is 528 g/mol. The average molecular weight is 559 g/mol. The van der Waals surface area contributed by atoms with Gasteiger partial charge in [0.2, 0.25) is 0 Å². The summed E-state index contributed by atoms with van der Waals surface area (Å²) in [5.41, 5.74) is 3.60. The summed E-state index contributed by atoms with van der Waals surface area (Å²) in [7, 11) is 0. The molecule has 1 saturated heterocycles. The summed E-state index contributed by atoms with van der Waals surface area (Å²) in [6.07, 6.45) is 16.6. The maximum atomic E-state index is 13.3. The number of pyridine rings is 1. The smallest absolute Gasteiger partial charge is 0.262 e. The van der Waals surface area contributed by atoms with Crippen molar-refractivity contribution in [2.45, 2.75) is 67.8 Å². The van der Waals surface area contributed by atoms with Gasteiger partial charge < -0.3 is 4.90 Å². The van der Waals surface area contributed by atoms with Crippen molar-refractivity contribution in [3.8, 4) is 0 Å². The fourth-order valence-electron chi connectivity index (χ4n) is 6.68. The summed E-state index contributed by atoms with van der Waals surface area (Å²) in [5.74, 6) is 1.45. The number of hydrogen-bond acceptors (Lipinski definition) is 7. The first-order chi connectivity index (χ1) is 19.1. The molecule has 0 unspecified atom stereocenters. The Morgan fingerprint density at radius 2 is 1.85 bits per heavy atom. The average Bonchev–Trinajstić information content (AvgIpc) is 3.60. The molecule has 1 aromatic carbocycles. The van der Waals surface area contributed by atoms with Crippen LogP contribution in [0.1, 0.15) is 49.8 Å². The molecule has 4 heterocycles. The number of anilines is 1. The van der Waals surface area contributed by atoms with Crippen LogP contribution in [0.4, 0.5) is 5.82 Å². The summed E-state index contributed by atoms with van der Waals surface area (Å²) in [5, 5.41) is 1.68. The molecule has 2 fully saturated rings. The molecule has 3 aromatic heterocycles. The molecule has 3 aliphatic rings. The van der Waals surface area contributed by atoms with Crippen molar-refractivity contribution < 1.29 is 0 Å². The van der Waals surface area contributed by atoms with Crippen molar-refractivity contribution in [1.82, 2.24) is 24.5 Å². The van der Waals surface area contributed by atoms with Crippen LogP contribution in [-0.4, -0.2) is 37.6 Å². The Morgan fingerprint density at radius 1 is 1.00 bits per heavy atom. The third-order valence-electron chi connectivity index (χ3n) is 8.89. The summed E-state index contributed by atoms with van der Waals surface area (Å²) in [4.78, 5) is 35.0. The molecule has 9 heteroatoms. The molecule has 0 bridgehead atoms. The molecule has 1 spiro atoms. The van der Waals surface area contributed by atoms with Gasteiger partial charge in [-0.15, -0.1) is 0 Å². The van der Waals surface area contributed by atoms with E-state index in [1.807, 2.05) is 30.7 Å². The van der Waals surface area contributed by atoms with Crippen LogP contribution in [0.3, 0.4) is 0 Å². The Hall–Kier alpha value is -2.97. The first-order valence-corrected chi connectivity index (χ1v) is 15.1. The number of aromatic nitrogens is 5. The summed E-state index contributed by atoms with van der Waals surface area (Å²) < 4.78 is 1.73. The molecule has 0 N–H and O–H groups in total. The minimum Gasteiger partial charge on any atom is -0.355 e. The second kappa shape index (κ2) is 10.2. The quantitative estimate of drug-likeness (QED) is 0.299. The highest BCUT2D eigenvalue weighted by Crippen LogP contribution is 2.44. The molecule has 1 aliphatic heterocycles. The SMILES string of the molecule is O=c1c2c(Cl)c(Sc3cnc(N4CCC5(CC4)Cc4cccnc4C5)cn3)ccc2ncn1CC1CCCC1. The Kier molecular flexibility index (Phi) is 6.55. The highest BCUT2D eigenvalue weighted by molar-refractivity contribution is 7.99. The van der Waals surface area contributed by atoms with Gasteiger partial charge in [0, 0.05) is 36.4 Å². The Morgan fingerprint density at radius 3 is 2.62 bits per heavy atom. The number of fused-ring (bicyclic) bond motifs is 2. The van der Waals surface area contributed by atoms with Crippen molar-refractivity contribution in [2.24, 2.45) is 11.3 Å². The maximum absolute atomic E-state index is 13.3. The van der Waals surface area contributed by atoms with Crippen molar-refractivity contribution in [1.29, 1.82) is 0 Å². The standard InChI is InChI=1S/C30H31ClN6OS/c31-28-24(8-7-22-27(28)29(38)37(19-35-22)18-20-4-1-2-5-20)39-26-17-33-25(16-34-26)36-12-9-30(10-13-36)14-21-6-3-11-32-23(21)15-30/h3,6-8,11,16-17,19-20H,1-2,4-5,9-10,12-15,18H2. The Bertz CT molecular complexity index is 1550. The number of benzene rings is 1. The van der Waals surface area contributed by atoms with Crippen molar-refractivity contribution in [2.75, 3.05) is 18.0 Å². The third kappa shape index (κ3) is 4.82. The van der Waals surface area contributed by atoms with E-state index in [1.165, 1.54) is 48.7 Å². The maximum Gasteiger partial charge on any atom is 0.262 e. The zero-order valence-corrected chi connectivity index (χ0v) is 23.4. The van der Waals surface area contributed by atoms with Gasteiger partial charge in [-0.3, -0.25) is 14.3 Å². The van der Waals surface area contributed by atoms with Gasteiger partial charge in [-0.2, -0.15) is 0 Å². The first kappa shape index (κ1) is 25.0. The lowest BCUT2D eigenvalue weighted by atomic mass is 9.76. The summed E-state index contributed by atoms with van der Waals surface area (Å²) in [6.45, 7) is 2.67. The molecule has 7 rings (SSSR count). The van der Waals surface area contributed by atoms with E-state index in [0.29, 0.717) is 33.8 Å². The van der Waals surface area contributed by atoms with Gasteiger partial charge in [0.15, 0.2) is 0 Å². The van der Waals surface area contributed by atoms with Crippen LogP contribution in [0.15, 0.2) is 63.9 Å². The van der Waals surface area contributed by atoms with Crippen molar-refractivity contribution in [3.63, 3.8) is 0 Å². The minimum atomic E-state index is -0.0650. The van der Waals surface area contributed by atoms with Crippen LogP contribution in [0.5, 0.6) is 0 Å². The van der Waals surface area contributed by atoms with Gasteiger partial charge in [-0.25, -0.2) is 15.0 Å². The molecule has 2 aliphatic carbocycles. The van der Waals surface area contributed by atoms with Gasteiger partial charge in [-0.1, -0.05) is 42.3 Å². The number of hydrogen-bond donors (Lipinski definition) is 0. The highest BCUT2D eigenvalue weighted by atomic mass is 35.5. The van der Waals surface area contributed by atoms with Gasteiger partial charge in [0.05, 0.1) is 34.6 Å². The van der Waals surface area contributed by atoms with Crippen LogP contribution in [0, 0.1) is 11.3 Å². The highest BCUT2D eigenvalue weighted by Gasteiger charge is 2.40. The lowest BCUT2D eigenvalue weighted by Crippen LogP contribution is -2.41. The molecule has 200 valence electrons. The van der Waals surface area contributed by atoms with E-state index < -0.39 is 0 Å². The number of rotatable bonds is 5. The van der Waals surface area contributed by atoms with E-state index in [4.69, 9.17) is 21.6 Å². The topological polar surface area (TPSA) is 76.8 Å². The number of halogens is 1. The number of piperidine rings is 1. The molecule has 0 radical (unpaired) electrons. The molecular formula is C30H31ClN6OS. The Labute approximate surface area is 237 Å². The molecule has 1 saturated carbocycles. The van der Waals surface area contributed by atoms with Crippen LogP contribution >= 0.6 is 23.4 Å². The third-order valence-corrected chi connectivity index (χ3v) is 10.4. The predicted octanol–water partition coefficient (Wildman–Crippen LogP) is 5.96. The van der Waals surface area contributed by atoms with Crippen LogP contribution in [0.25, 0.3) is 10.9 Å². The Balaban J connectivity index is 1.04. The van der Waals surface area contributed by atoms with Crippen molar-refractivity contribution >= 4 is 40.1 Å². The van der Waals surface area contributed by atoms with E-state index in [0.717, 1.165) is 54.5 Å².